The minimum absolute atomic E-state index is 0.124. The molecule has 0 aliphatic rings. The topological polar surface area (TPSA) is 76.0 Å². The molecule has 0 saturated heterocycles. The predicted molar refractivity (Wildman–Crippen MR) is 91.0 cm³/mol. The largest absolute Gasteiger partial charge is 0.507 e. The third kappa shape index (κ3) is 5.83. The van der Waals surface area contributed by atoms with Gasteiger partial charge in [0.2, 0.25) is 0 Å². The average Bonchev–Trinajstić information content (AvgIpc) is 2.58. The number of para-hydroxylation sites is 1. The van der Waals surface area contributed by atoms with E-state index in [1.807, 2.05) is 30.3 Å². The highest BCUT2D eigenvalue weighted by Gasteiger charge is 2.09. The third-order valence-corrected chi connectivity index (χ3v) is 3.52. The molecule has 2 aromatic rings. The number of carboxylic acid groups (broad SMARTS) is 1. The van der Waals surface area contributed by atoms with Crippen LogP contribution in [-0.4, -0.2) is 29.4 Å². The van der Waals surface area contributed by atoms with E-state index in [1.54, 1.807) is 6.07 Å². The van der Waals surface area contributed by atoms with Gasteiger partial charge < -0.3 is 19.7 Å². The number of hydrogen-bond acceptors (Lipinski definition) is 4. The molecule has 0 saturated carbocycles. The molecule has 0 unspecified atom stereocenters. The van der Waals surface area contributed by atoms with E-state index in [0.29, 0.717) is 19.0 Å². The molecule has 2 N–H and O–H groups in total. The summed E-state index contributed by atoms with van der Waals surface area (Å²) in [5, 5.41) is 18.4. The second kappa shape index (κ2) is 9.45. The van der Waals surface area contributed by atoms with Crippen LogP contribution < -0.4 is 9.47 Å². The van der Waals surface area contributed by atoms with Crippen LogP contribution in [0.25, 0.3) is 0 Å². The molecule has 24 heavy (non-hydrogen) atoms. The Kier molecular flexibility index (Phi) is 6.95. The van der Waals surface area contributed by atoms with Crippen LogP contribution in [0.3, 0.4) is 0 Å². The van der Waals surface area contributed by atoms with Crippen LogP contribution >= 0.6 is 0 Å². The fraction of sp³-hybridized carbons (Fsp3) is 0.316. The molecule has 0 aliphatic carbocycles. The first-order chi connectivity index (χ1) is 11.7. The van der Waals surface area contributed by atoms with E-state index in [0.717, 1.165) is 31.4 Å². The lowest BCUT2D eigenvalue weighted by Crippen LogP contribution is -2.01. The van der Waals surface area contributed by atoms with Crippen molar-refractivity contribution >= 4 is 5.97 Å². The van der Waals surface area contributed by atoms with Crippen molar-refractivity contribution in [1.29, 1.82) is 0 Å². The first kappa shape index (κ1) is 17.7. The zero-order valence-electron chi connectivity index (χ0n) is 13.5. The summed E-state index contributed by atoms with van der Waals surface area (Å²) < 4.78 is 11.1. The quantitative estimate of drug-likeness (QED) is 0.641. The van der Waals surface area contributed by atoms with Gasteiger partial charge in [0.1, 0.15) is 22.8 Å². The average molecular weight is 330 g/mol. The molecule has 0 heterocycles. The standard InChI is InChI=1S/C19H22O5/c20-18-14-16(10-11-17(18)19(21)22)24-13-7-2-1-6-12-23-15-8-4-3-5-9-15/h3-5,8-11,14,20H,1-2,6-7,12-13H2,(H,21,22). The van der Waals surface area contributed by atoms with Gasteiger partial charge in [0.25, 0.3) is 0 Å². The molecule has 5 heteroatoms. The van der Waals surface area contributed by atoms with Gasteiger partial charge in [0.05, 0.1) is 13.2 Å². The van der Waals surface area contributed by atoms with Crippen molar-refractivity contribution in [3.05, 3.63) is 54.1 Å². The fourth-order valence-corrected chi connectivity index (χ4v) is 2.24. The minimum Gasteiger partial charge on any atom is -0.507 e. The minimum atomic E-state index is -1.16. The third-order valence-electron chi connectivity index (χ3n) is 3.52. The lowest BCUT2D eigenvalue weighted by Gasteiger charge is -2.08. The van der Waals surface area contributed by atoms with Crippen LogP contribution in [0, 0.1) is 0 Å². The Bertz CT molecular complexity index is 639. The SMILES string of the molecule is O=C(O)c1ccc(OCCCCCCOc2ccccc2)cc1O. The molecule has 5 nitrogen and oxygen atoms in total. The van der Waals surface area contributed by atoms with Crippen molar-refractivity contribution in [3.63, 3.8) is 0 Å². The van der Waals surface area contributed by atoms with Crippen molar-refractivity contribution in [2.75, 3.05) is 13.2 Å². The number of unbranched alkanes of at least 4 members (excludes halogenated alkanes) is 3. The Morgan fingerprint density at radius 2 is 1.46 bits per heavy atom. The summed E-state index contributed by atoms with van der Waals surface area (Å²) in [7, 11) is 0. The van der Waals surface area contributed by atoms with Gasteiger partial charge in [-0.3, -0.25) is 0 Å². The van der Waals surface area contributed by atoms with E-state index in [1.165, 1.54) is 12.1 Å². The van der Waals surface area contributed by atoms with Gasteiger partial charge in [-0.15, -0.1) is 0 Å². The molecule has 0 bridgehead atoms. The molecule has 128 valence electrons. The molecule has 0 spiro atoms. The number of aromatic carboxylic acids is 1. The number of hydrogen-bond donors (Lipinski definition) is 2. The molecule has 0 atom stereocenters. The summed E-state index contributed by atoms with van der Waals surface area (Å²) in [5.74, 6) is -0.0646. The van der Waals surface area contributed by atoms with E-state index in [2.05, 4.69) is 0 Å². The van der Waals surface area contributed by atoms with E-state index in [4.69, 9.17) is 14.6 Å². The van der Waals surface area contributed by atoms with E-state index in [9.17, 15) is 9.90 Å². The van der Waals surface area contributed by atoms with Gasteiger partial charge in [0.15, 0.2) is 0 Å². The van der Waals surface area contributed by atoms with Gasteiger partial charge >= 0.3 is 5.97 Å². The van der Waals surface area contributed by atoms with Gasteiger partial charge in [-0.2, -0.15) is 0 Å². The van der Waals surface area contributed by atoms with Crippen LogP contribution in [-0.2, 0) is 0 Å². The summed E-state index contributed by atoms with van der Waals surface area (Å²) in [6.45, 7) is 1.24. The van der Waals surface area contributed by atoms with E-state index < -0.39 is 5.97 Å². The van der Waals surface area contributed by atoms with Gasteiger partial charge in [0, 0.05) is 6.07 Å². The van der Waals surface area contributed by atoms with Crippen LogP contribution in [0.4, 0.5) is 0 Å². The predicted octanol–water partition coefficient (Wildman–Crippen LogP) is 4.11. The highest BCUT2D eigenvalue weighted by molar-refractivity contribution is 5.90. The molecule has 0 radical (unpaired) electrons. The maximum atomic E-state index is 10.8. The first-order valence-electron chi connectivity index (χ1n) is 8.04. The Morgan fingerprint density at radius 3 is 2.04 bits per heavy atom. The first-order valence-corrected chi connectivity index (χ1v) is 8.04. The van der Waals surface area contributed by atoms with Crippen LogP contribution in [0.2, 0.25) is 0 Å². The number of carboxylic acids is 1. The number of ether oxygens (including phenoxy) is 2. The normalized spacial score (nSPS) is 10.3. The summed E-state index contributed by atoms with van der Waals surface area (Å²) >= 11 is 0. The molecular weight excluding hydrogens is 308 g/mol. The number of aromatic hydroxyl groups is 1. The second-order valence-corrected chi connectivity index (χ2v) is 5.41. The second-order valence-electron chi connectivity index (χ2n) is 5.41. The zero-order chi connectivity index (χ0) is 17.2. The Hall–Kier alpha value is -2.69. The molecule has 0 amide bonds. The van der Waals surface area contributed by atoms with Crippen molar-refractivity contribution in [1.82, 2.24) is 0 Å². The maximum absolute atomic E-state index is 10.8. The lowest BCUT2D eigenvalue weighted by molar-refractivity contribution is 0.0693. The lowest BCUT2D eigenvalue weighted by atomic mass is 10.2. The number of rotatable bonds is 10. The highest BCUT2D eigenvalue weighted by atomic mass is 16.5. The van der Waals surface area contributed by atoms with Crippen LogP contribution in [0.15, 0.2) is 48.5 Å². The summed E-state index contributed by atoms with van der Waals surface area (Å²) in [4.78, 5) is 10.8. The van der Waals surface area contributed by atoms with Crippen molar-refractivity contribution < 1.29 is 24.5 Å². The Balaban J connectivity index is 1.55. The van der Waals surface area contributed by atoms with Crippen molar-refractivity contribution in [3.8, 4) is 17.2 Å². The molecule has 0 fully saturated rings. The molecular formula is C19H22O5. The van der Waals surface area contributed by atoms with Gasteiger partial charge in [-0.05, 0) is 49.9 Å². The van der Waals surface area contributed by atoms with Gasteiger partial charge in [-0.25, -0.2) is 4.79 Å². The van der Waals surface area contributed by atoms with Crippen LogP contribution in [0.5, 0.6) is 17.2 Å². The smallest absolute Gasteiger partial charge is 0.339 e. The van der Waals surface area contributed by atoms with Crippen molar-refractivity contribution in [2.45, 2.75) is 25.7 Å². The summed E-state index contributed by atoms with van der Waals surface area (Å²) in [5.41, 5.74) is -0.124. The van der Waals surface area contributed by atoms with Crippen LogP contribution in [0.1, 0.15) is 36.0 Å². The molecule has 2 rings (SSSR count). The Morgan fingerprint density at radius 1 is 0.833 bits per heavy atom. The number of carbonyl (C=O) groups is 1. The molecule has 2 aromatic carbocycles. The number of phenols is 1. The van der Waals surface area contributed by atoms with E-state index >= 15 is 0 Å². The summed E-state index contributed by atoms with van der Waals surface area (Å²) in [6.07, 6.45) is 3.96. The fourth-order valence-electron chi connectivity index (χ4n) is 2.24. The monoisotopic (exact) mass is 330 g/mol. The number of benzene rings is 2. The zero-order valence-corrected chi connectivity index (χ0v) is 13.5. The van der Waals surface area contributed by atoms with E-state index in [-0.39, 0.29) is 11.3 Å². The maximum Gasteiger partial charge on any atom is 0.339 e. The Labute approximate surface area is 141 Å². The van der Waals surface area contributed by atoms with Crippen molar-refractivity contribution in [2.24, 2.45) is 0 Å². The highest BCUT2D eigenvalue weighted by Crippen LogP contribution is 2.23. The molecule has 0 aromatic heterocycles. The van der Waals surface area contributed by atoms with Gasteiger partial charge in [-0.1, -0.05) is 18.2 Å². The summed E-state index contributed by atoms with van der Waals surface area (Å²) in [6, 6.07) is 14.0. The molecule has 0 aliphatic heterocycles.